The van der Waals surface area contributed by atoms with Crippen LogP contribution in [0, 0.1) is 0 Å². The molecule has 0 rings (SSSR count). The van der Waals surface area contributed by atoms with Gasteiger partial charge in [0.15, 0.2) is 0 Å². The van der Waals surface area contributed by atoms with Gasteiger partial charge in [-0.2, -0.15) is 0 Å². The van der Waals surface area contributed by atoms with Crippen LogP contribution in [-0.2, 0) is 9.59 Å². The summed E-state index contributed by atoms with van der Waals surface area (Å²) in [7, 11) is 0. The lowest BCUT2D eigenvalue weighted by atomic mass is 9.98. The van der Waals surface area contributed by atoms with Gasteiger partial charge in [-0.3, -0.25) is 9.59 Å². The summed E-state index contributed by atoms with van der Waals surface area (Å²) in [6.45, 7) is 2.05. The number of rotatable bonds is 4. The maximum Gasteiger partial charge on any atom is 0.305 e. The van der Waals surface area contributed by atoms with E-state index >= 15 is 0 Å². The summed E-state index contributed by atoms with van der Waals surface area (Å²) >= 11 is 0. The topological polar surface area (TPSA) is 66.4 Å². The number of amides is 1. The first-order valence-corrected chi connectivity index (χ1v) is 3.56. The molecule has 0 aromatic rings. The number of alkyl halides is 2. The maximum absolute atomic E-state index is 12.3. The second-order valence-corrected chi connectivity index (χ2v) is 2.97. The normalized spacial score (nSPS) is 15.2. The molecule has 13 heavy (non-hydrogen) atoms. The molecule has 0 aromatic carbocycles. The molecule has 0 aliphatic heterocycles. The summed E-state index contributed by atoms with van der Waals surface area (Å²) in [5.41, 5.74) is -1.99. The van der Waals surface area contributed by atoms with Crippen LogP contribution in [0.2, 0.25) is 0 Å². The van der Waals surface area contributed by atoms with Crippen molar-refractivity contribution in [3.8, 4) is 0 Å². The SMILES string of the molecule is CC(=O)NC(C)(CC(=O)O)C(F)F. The van der Waals surface area contributed by atoms with E-state index in [1.807, 2.05) is 5.32 Å². The van der Waals surface area contributed by atoms with E-state index in [0.717, 1.165) is 13.8 Å². The molecule has 0 saturated heterocycles. The van der Waals surface area contributed by atoms with E-state index in [9.17, 15) is 18.4 Å². The first-order chi connectivity index (χ1) is 5.78. The van der Waals surface area contributed by atoms with Gasteiger partial charge < -0.3 is 10.4 Å². The van der Waals surface area contributed by atoms with Crippen molar-refractivity contribution in [1.29, 1.82) is 0 Å². The molecule has 6 heteroatoms. The van der Waals surface area contributed by atoms with Crippen molar-refractivity contribution in [3.05, 3.63) is 0 Å². The Balaban J connectivity index is 4.52. The Morgan fingerprint density at radius 1 is 1.54 bits per heavy atom. The van der Waals surface area contributed by atoms with Gasteiger partial charge in [-0.1, -0.05) is 0 Å². The second kappa shape index (κ2) is 4.15. The van der Waals surface area contributed by atoms with Crippen molar-refractivity contribution in [1.82, 2.24) is 5.32 Å². The van der Waals surface area contributed by atoms with E-state index < -0.39 is 30.3 Å². The molecule has 0 heterocycles. The highest BCUT2D eigenvalue weighted by molar-refractivity contribution is 5.76. The molecule has 0 spiro atoms. The van der Waals surface area contributed by atoms with Gasteiger partial charge in [0.25, 0.3) is 6.43 Å². The Bertz CT molecular complexity index is 202. The zero-order chi connectivity index (χ0) is 10.6. The highest BCUT2D eigenvalue weighted by atomic mass is 19.3. The van der Waals surface area contributed by atoms with Gasteiger partial charge in [-0.05, 0) is 6.92 Å². The Kier molecular flexibility index (Phi) is 3.77. The van der Waals surface area contributed by atoms with E-state index in [2.05, 4.69) is 0 Å². The predicted molar refractivity (Wildman–Crippen MR) is 40.5 cm³/mol. The van der Waals surface area contributed by atoms with Crippen LogP contribution in [0.1, 0.15) is 20.3 Å². The van der Waals surface area contributed by atoms with Gasteiger partial charge in [0, 0.05) is 6.92 Å². The third-order valence-corrected chi connectivity index (χ3v) is 1.46. The average molecular weight is 195 g/mol. The molecular weight excluding hydrogens is 184 g/mol. The molecule has 0 aliphatic carbocycles. The Hall–Kier alpha value is -1.20. The summed E-state index contributed by atoms with van der Waals surface area (Å²) in [6.07, 6.45) is -3.71. The van der Waals surface area contributed by atoms with Crippen LogP contribution in [-0.4, -0.2) is 28.9 Å². The smallest absolute Gasteiger partial charge is 0.305 e. The number of carboxylic acid groups (broad SMARTS) is 1. The highest BCUT2D eigenvalue weighted by Crippen LogP contribution is 2.19. The zero-order valence-corrected chi connectivity index (χ0v) is 7.30. The number of hydrogen-bond donors (Lipinski definition) is 2. The second-order valence-electron chi connectivity index (χ2n) is 2.97. The van der Waals surface area contributed by atoms with Crippen molar-refractivity contribution in [2.24, 2.45) is 0 Å². The van der Waals surface area contributed by atoms with Crippen LogP contribution in [0.3, 0.4) is 0 Å². The largest absolute Gasteiger partial charge is 0.481 e. The quantitative estimate of drug-likeness (QED) is 0.691. The summed E-state index contributed by atoms with van der Waals surface area (Å²) in [6, 6.07) is 0. The number of carboxylic acids is 1. The van der Waals surface area contributed by atoms with Gasteiger partial charge in [0.1, 0.15) is 5.54 Å². The number of carbonyl (C=O) groups excluding carboxylic acids is 1. The van der Waals surface area contributed by atoms with Crippen molar-refractivity contribution >= 4 is 11.9 Å². The predicted octanol–water partition coefficient (Wildman–Crippen LogP) is 0.621. The molecule has 1 unspecified atom stereocenters. The Morgan fingerprint density at radius 3 is 2.23 bits per heavy atom. The first-order valence-electron chi connectivity index (χ1n) is 3.56. The molecule has 0 saturated carbocycles. The molecular formula is C7H11F2NO3. The van der Waals surface area contributed by atoms with Gasteiger partial charge in [0.05, 0.1) is 6.42 Å². The van der Waals surface area contributed by atoms with E-state index in [1.54, 1.807) is 0 Å². The van der Waals surface area contributed by atoms with E-state index in [0.29, 0.717) is 0 Å². The molecule has 76 valence electrons. The number of halogens is 2. The molecule has 0 fully saturated rings. The molecule has 2 N–H and O–H groups in total. The number of carbonyl (C=O) groups is 2. The zero-order valence-electron chi connectivity index (χ0n) is 7.30. The minimum absolute atomic E-state index is 0.677. The average Bonchev–Trinajstić information content (AvgIpc) is 1.82. The fourth-order valence-corrected chi connectivity index (χ4v) is 0.892. The van der Waals surface area contributed by atoms with Gasteiger partial charge in [-0.15, -0.1) is 0 Å². The molecule has 0 radical (unpaired) electrons. The van der Waals surface area contributed by atoms with Crippen LogP contribution < -0.4 is 5.32 Å². The lowest BCUT2D eigenvalue weighted by Gasteiger charge is -2.27. The Morgan fingerprint density at radius 2 is 2.00 bits per heavy atom. The number of hydrogen-bond acceptors (Lipinski definition) is 2. The van der Waals surface area contributed by atoms with Gasteiger partial charge in [-0.25, -0.2) is 8.78 Å². The number of nitrogens with one attached hydrogen (secondary N) is 1. The molecule has 1 atom stereocenters. The lowest BCUT2D eigenvalue weighted by molar-refractivity contribution is -0.141. The third-order valence-electron chi connectivity index (χ3n) is 1.46. The number of aliphatic carboxylic acids is 1. The summed E-state index contributed by atoms with van der Waals surface area (Å²) < 4.78 is 24.7. The lowest BCUT2D eigenvalue weighted by Crippen LogP contribution is -2.52. The molecule has 4 nitrogen and oxygen atoms in total. The molecule has 1 amide bonds. The van der Waals surface area contributed by atoms with E-state index in [1.165, 1.54) is 0 Å². The molecule has 0 aliphatic rings. The van der Waals surface area contributed by atoms with Gasteiger partial charge in [0.2, 0.25) is 5.91 Å². The minimum Gasteiger partial charge on any atom is -0.481 e. The first kappa shape index (κ1) is 11.8. The summed E-state index contributed by atoms with van der Waals surface area (Å²) in [5.74, 6) is -2.05. The van der Waals surface area contributed by atoms with E-state index in [-0.39, 0.29) is 0 Å². The van der Waals surface area contributed by atoms with Crippen molar-refractivity contribution in [2.75, 3.05) is 0 Å². The summed E-state index contributed by atoms with van der Waals surface area (Å²) in [4.78, 5) is 20.7. The van der Waals surface area contributed by atoms with Crippen LogP contribution in [0.4, 0.5) is 8.78 Å². The molecule has 0 aromatic heterocycles. The van der Waals surface area contributed by atoms with Crippen molar-refractivity contribution < 1.29 is 23.5 Å². The fourth-order valence-electron chi connectivity index (χ4n) is 0.892. The van der Waals surface area contributed by atoms with Crippen LogP contribution >= 0.6 is 0 Å². The maximum atomic E-state index is 12.3. The van der Waals surface area contributed by atoms with Crippen molar-refractivity contribution in [3.63, 3.8) is 0 Å². The molecule has 0 bridgehead atoms. The van der Waals surface area contributed by atoms with Crippen LogP contribution in [0.25, 0.3) is 0 Å². The highest BCUT2D eigenvalue weighted by Gasteiger charge is 2.37. The fraction of sp³-hybridized carbons (Fsp3) is 0.714. The minimum atomic E-state index is -2.91. The monoisotopic (exact) mass is 195 g/mol. The van der Waals surface area contributed by atoms with Crippen LogP contribution in [0.5, 0.6) is 0 Å². The third kappa shape index (κ3) is 3.82. The summed E-state index contributed by atoms with van der Waals surface area (Å²) in [5, 5.41) is 10.2. The van der Waals surface area contributed by atoms with Gasteiger partial charge >= 0.3 is 5.97 Å². The van der Waals surface area contributed by atoms with Crippen LogP contribution in [0.15, 0.2) is 0 Å². The Labute approximate surface area is 73.9 Å². The van der Waals surface area contributed by atoms with Crippen molar-refractivity contribution in [2.45, 2.75) is 32.2 Å². The van der Waals surface area contributed by atoms with E-state index in [4.69, 9.17) is 5.11 Å². The standard InChI is InChI=1S/C7H11F2NO3/c1-4(11)10-7(2,6(8)9)3-5(12)13/h6H,3H2,1-2H3,(H,10,11)(H,12,13).